The summed E-state index contributed by atoms with van der Waals surface area (Å²) in [5.74, 6) is 0.924. The van der Waals surface area contributed by atoms with Crippen LogP contribution in [0.5, 0.6) is 0 Å². The largest absolute Gasteiger partial charge is 0.389 e. The molecule has 18 heavy (non-hydrogen) atoms. The molecule has 0 fully saturated rings. The van der Waals surface area contributed by atoms with Crippen LogP contribution >= 0.6 is 12.2 Å². The van der Waals surface area contributed by atoms with Crippen molar-refractivity contribution in [2.45, 2.75) is 46.1 Å². The van der Waals surface area contributed by atoms with E-state index >= 15 is 0 Å². The van der Waals surface area contributed by atoms with E-state index in [2.05, 4.69) is 30.7 Å². The first-order chi connectivity index (χ1) is 8.61. The van der Waals surface area contributed by atoms with Gasteiger partial charge in [0.05, 0.1) is 5.56 Å². The van der Waals surface area contributed by atoms with E-state index in [0.29, 0.717) is 11.0 Å². The molecule has 100 valence electrons. The zero-order valence-electron chi connectivity index (χ0n) is 11.5. The van der Waals surface area contributed by atoms with Crippen molar-refractivity contribution in [2.24, 2.45) is 5.73 Å². The predicted octanol–water partition coefficient (Wildman–Crippen LogP) is 3.12. The van der Waals surface area contributed by atoms with Crippen LogP contribution in [-0.2, 0) is 0 Å². The average molecular weight is 265 g/mol. The summed E-state index contributed by atoms with van der Waals surface area (Å²) >= 11 is 5.12. The van der Waals surface area contributed by atoms with Gasteiger partial charge < -0.3 is 10.6 Å². The van der Waals surface area contributed by atoms with Crippen LogP contribution in [0.4, 0.5) is 5.82 Å². The third-order valence-corrected chi connectivity index (χ3v) is 3.42. The van der Waals surface area contributed by atoms with E-state index in [9.17, 15) is 0 Å². The molecule has 0 radical (unpaired) electrons. The number of nitrogens with two attached hydrogens (primary N) is 1. The van der Waals surface area contributed by atoms with Gasteiger partial charge in [-0.1, -0.05) is 32.5 Å². The molecule has 1 atom stereocenters. The molecule has 0 saturated heterocycles. The topological polar surface area (TPSA) is 42.2 Å². The van der Waals surface area contributed by atoms with Crippen molar-refractivity contribution in [3.8, 4) is 0 Å². The molecule has 1 unspecified atom stereocenters. The standard InChI is InChI=1S/C14H23N3S/c1-4-6-10-17(11(3)5-2)14-12(13(15)18)8-7-9-16-14/h7-9,11H,4-6,10H2,1-3H3,(H2,15,18). The first kappa shape index (κ1) is 14.9. The van der Waals surface area contributed by atoms with Crippen molar-refractivity contribution in [3.05, 3.63) is 23.9 Å². The molecule has 0 aliphatic rings. The van der Waals surface area contributed by atoms with Crippen molar-refractivity contribution >= 4 is 23.0 Å². The van der Waals surface area contributed by atoms with Gasteiger partial charge in [0.2, 0.25) is 0 Å². The Balaban J connectivity index is 3.07. The van der Waals surface area contributed by atoms with Gasteiger partial charge in [0, 0.05) is 18.8 Å². The quantitative estimate of drug-likeness (QED) is 0.769. The minimum Gasteiger partial charge on any atom is -0.389 e. The van der Waals surface area contributed by atoms with E-state index in [1.807, 2.05) is 12.1 Å². The van der Waals surface area contributed by atoms with Crippen molar-refractivity contribution < 1.29 is 0 Å². The molecular weight excluding hydrogens is 242 g/mol. The molecule has 0 bridgehead atoms. The molecule has 4 heteroatoms. The van der Waals surface area contributed by atoms with Gasteiger partial charge in [0.1, 0.15) is 10.8 Å². The normalized spacial score (nSPS) is 12.2. The molecule has 3 nitrogen and oxygen atoms in total. The highest BCUT2D eigenvalue weighted by molar-refractivity contribution is 7.80. The zero-order chi connectivity index (χ0) is 13.5. The van der Waals surface area contributed by atoms with Crippen LogP contribution in [-0.4, -0.2) is 22.6 Å². The fourth-order valence-electron chi connectivity index (χ4n) is 1.90. The highest BCUT2D eigenvalue weighted by atomic mass is 32.1. The number of thiocarbonyl (C=S) groups is 1. The maximum Gasteiger partial charge on any atom is 0.139 e. The van der Waals surface area contributed by atoms with Gasteiger partial charge in [-0.3, -0.25) is 0 Å². The Hall–Kier alpha value is -1.16. The lowest BCUT2D eigenvalue weighted by Crippen LogP contribution is -2.35. The van der Waals surface area contributed by atoms with E-state index in [4.69, 9.17) is 18.0 Å². The zero-order valence-corrected chi connectivity index (χ0v) is 12.3. The molecule has 0 spiro atoms. The van der Waals surface area contributed by atoms with Gasteiger partial charge in [-0.15, -0.1) is 0 Å². The third-order valence-electron chi connectivity index (χ3n) is 3.20. The van der Waals surface area contributed by atoms with Gasteiger partial charge in [-0.2, -0.15) is 0 Å². The Bertz CT molecular complexity index is 392. The monoisotopic (exact) mass is 265 g/mol. The van der Waals surface area contributed by atoms with Crippen LogP contribution in [0.15, 0.2) is 18.3 Å². The summed E-state index contributed by atoms with van der Waals surface area (Å²) in [6.07, 6.45) is 5.20. The Morgan fingerprint density at radius 3 is 2.78 bits per heavy atom. The lowest BCUT2D eigenvalue weighted by molar-refractivity contribution is 0.589. The van der Waals surface area contributed by atoms with E-state index in [0.717, 1.165) is 30.8 Å². The number of hydrogen-bond donors (Lipinski definition) is 1. The smallest absolute Gasteiger partial charge is 0.139 e. The minimum atomic E-state index is 0.419. The van der Waals surface area contributed by atoms with Crippen LogP contribution in [0.2, 0.25) is 0 Å². The Morgan fingerprint density at radius 2 is 2.22 bits per heavy atom. The maximum absolute atomic E-state index is 5.79. The fourth-order valence-corrected chi connectivity index (χ4v) is 2.06. The molecule has 0 amide bonds. The van der Waals surface area contributed by atoms with Crippen LogP contribution in [0.3, 0.4) is 0 Å². The third kappa shape index (κ3) is 3.67. The molecule has 0 aliphatic carbocycles. The molecule has 1 rings (SSSR count). The molecule has 1 aromatic heterocycles. The summed E-state index contributed by atoms with van der Waals surface area (Å²) in [6, 6.07) is 4.28. The van der Waals surface area contributed by atoms with Crippen LogP contribution < -0.4 is 10.6 Å². The summed E-state index contributed by atoms with van der Waals surface area (Å²) < 4.78 is 0. The number of nitrogens with zero attached hydrogens (tertiary/aromatic N) is 2. The number of rotatable bonds is 7. The second-order valence-corrected chi connectivity index (χ2v) is 4.98. The molecule has 0 aliphatic heterocycles. The number of pyridine rings is 1. The SMILES string of the molecule is CCCCN(c1ncccc1C(N)=S)C(C)CC. The van der Waals surface area contributed by atoms with E-state index < -0.39 is 0 Å². The molecule has 0 saturated carbocycles. The van der Waals surface area contributed by atoms with Crippen molar-refractivity contribution in [1.29, 1.82) is 0 Å². The number of aromatic nitrogens is 1. The number of unbranched alkanes of at least 4 members (excludes halogenated alkanes) is 1. The number of hydrogen-bond acceptors (Lipinski definition) is 3. The maximum atomic E-state index is 5.79. The number of anilines is 1. The summed E-state index contributed by atoms with van der Waals surface area (Å²) in [7, 11) is 0. The summed E-state index contributed by atoms with van der Waals surface area (Å²) in [4.78, 5) is 7.22. The Labute approximate surface area is 115 Å². The summed E-state index contributed by atoms with van der Waals surface area (Å²) in [6.45, 7) is 7.60. The highest BCUT2D eigenvalue weighted by Gasteiger charge is 2.17. The second-order valence-electron chi connectivity index (χ2n) is 4.54. The minimum absolute atomic E-state index is 0.419. The first-order valence-corrected chi connectivity index (χ1v) is 7.04. The van der Waals surface area contributed by atoms with Gasteiger partial charge in [-0.25, -0.2) is 4.98 Å². The summed E-state index contributed by atoms with van der Waals surface area (Å²) in [5, 5.41) is 0. The lowest BCUT2D eigenvalue weighted by Gasteiger charge is -2.31. The first-order valence-electron chi connectivity index (χ1n) is 6.63. The Morgan fingerprint density at radius 1 is 1.50 bits per heavy atom. The van der Waals surface area contributed by atoms with Gasteiger partial charge in [0.25, 0.3) is 0 Å². The molecule has 0 aromatic carbocycles. The Kier molecular flexibility index (Phi) is 6.05. The summed E-state index contributed by atoms with van der Waals surface area (Å²) in [5.41, 5.74) is 6.67. The second kappa shape index (κ2) is 7.31. The van der Waals surface area contributed by atoms with E-state index in [1.54, 1.807) is 6.20 Å². The van der Waals surface area contributed by atoms with Gasteiger partial charge in [0.15, 0.2) is 0 Å². The van der Waals surface area contributed by atoms with Crippen molar-refractivity contribution in [1.82, 2.24) is 4.98 Å². The van der Waals surface area contributed by atoms with Gasteiger partial charge in [-0.05, 0) is 31.9 Å². The van der Waals surface area contributed by atoms with Crippen LogP contribution in [0.1, 0.15) is 45.6 Å². The lowest BCUT2D eigenvalue weighted by atomic mass is 10.1. The fraction of sp³-hybridized carbons (Fsp3) is 0.571. The molecule has 2 N–H and O–H groups in total. The molecule has 1 aromatic rings. The predicted molar refractivity (Wildman–Crippen MR) is 82.1 cm³/mol. The van der Waals surface area contributed by atoms with Crippen molar-refractivity contribution in [2.75, 3.05) is 11.4 Å². The average Bonchev–Trinajstić information content (AvgIpc) is 2.39. The molecular formula is C14H23N3S. The van der Waals surface area contributed by atoms with Crippen LogP contribution in [0.25, 0.3) is 0 Å². The molecule has 1 heterocycles. The van der Waals surface area contributed by atoms with Crippen LogP contribution in [0, 0.1) is 0 Å². The van der Waals surface area contributed by atoms with E-state index in [1.165, 1.54) is 6.42 Å². The van der Waals surface area contributed by atoms with Crippen molar-refractivity contribution in [3.63, 3.8) is 0 Å². The highest BCUT2D eigenvalue weighted by Crippen LogP contribution is 2.21. The van der Waals surface area contributed by atoms with Gasteiger partial charge >= 0.3 is 0 Å². The van der Waals surface area contributed by atoms with E-state index in [-0.39, 0.29) is 0 Å².